The molecule has 0 aromatic heterocycles. The Bertz CT molecular complexity index is 759. The molecule has 0 unspecified atom stereocenters. The van der Waals surface area contributed by atoms with Crippen LogP contribution in [0.15, 0.2) is 24.3 Å². The van der Waals surface area contributed by atoms with Crippen molar-refractivity contribution in [3.05, 3.63) is 34.4 Å². The molecule has 1 heterocycles. The van der Waals surface area contributed by atoms with Gasteiger partial charge in [0.2, 0.25) is 5.91 Å². The molecule has 160 valence electrons. The van der Waals surface area contributed by atoms with Crippen LogP contribution >= 0.6 is 0 Å². The van der Waals surface area contributed by atoms with Crippen LogP contribution in [0.4, 0.5) is 5.69 Å². The van der Waals surface area contributed by atoms with E-state index in [1.165, 1.54) is 24.3 Å². The van der Waals surface area contributed by atoms with Crippen molar-refractivity contribution in [2.24, 2.45) is 23.2 Å². The molecule has 2 rings (SSSR count). The first-order valence-corrected chi connectivity index (χ1v) is 12.6. The number of carbonyl (C=O) groups is 2. The Kier molecular flexibility index (Phi) is 7.18. The number of ether oxygens (including phenoxy) is 1. The number of rotatable bonds is 8. The molecule has 1 aliphatic rings. The van der Waals surface area contributed by atoms with Gasteiger partial charge in [-0.25, -0.2) is 0 Å². The Balaban J connectivity index is 2.09. The third-order valence-corrected chi connectivity index (χ3v) is 6.19. The van der Waals surface area contributed by atoms with E-state index in [4.69, 9.17) is 9.16 Å². The molecule has 1 amide bonds. The quantitative estimate of drug-likeness (QED) is 0.172. The fourth-order valence-electron chi connectivity index (χ4n) is 3.47. The van der Waals surface area contributed by atoms with E-state index in [9.17, 15) is 19.7 Å². The van der Waals surface area contributed by atoms with Crippen LogP contribution in [0.25, 0.3) is 0 Å². The summed E-state index contributed by atoms with van der Waals surface area (Å²) in [5.41, 5.74) is -0.239. The maximum Gasteiger partial charge on any atom is 0.316 e. The van der Waals surface area contributed by atoms with Crippen LogP contribution in [0, 0.1) is 33.3 Å². The van der Waals surface area contributed by atoms with E-state index in [0.717, 1.165) is 0 Å². The van der Waals surface area contributed by atoms with Gasteiger partial charge in [0.05, 0.1) is 22.8 Å². The predicted molar refractivity (Wildman–Crippen MR) is 111 cm³/mol. The van der Waals surface area contributed by atoms with Crippen LogP contribution in [0.1, 0.15) is 27.7 Å². The van der Waals surface area contributed by atoms with Gasteiger partial charge in [-0.15, -0.1) is 0 Å². The summed E-state index contributed by atoms with van der Waals surface area (Å²) >= 11 is 0. The highest BCUT2D eigenvalue weighted by atomic mass is 28.3. The van der Waals surface area contributed by atoms with Gasteiger partial charge in [0.1, 0.15) is 5.75 Å². The van der Waals surface area contributed by atoms with Gasteiger partial charge >= 0.3 is 5.97 Å². The van der Waals surface area contributed by atoms with E-state index in [1.807, 2.05) is 0 Å². The summed E-state index contributed by atoms with van der Waals surface area (Å²) in [6.07, 6.45) is 0. The minimum Gasteiger partial charge on any atom is -0.426 e. The van der Waals surface area contributed by atoms with E-state index in [1.54, 1.807) is 6.92 Å². The van der Waals surface area contributed by atoms with Crippen molar-refractivity contribution in [3.63, 3.8) is 0 Å². The third-order valence-electron chi connectivity index (χ3n) is 5.33. The van der Waals surface area contributed by atoms with Gasteiger partial charge in [0.25, 0.3) is 5.69 Å². The minimum atomic E-state index is -1.24. The fraction of sp³-hybridized carbons (Fsp3) is 0.600. The molecule has 1 fully saturated rings. The SMILES string of the molecule is C[C@@H](C(=O)Oc1ccc([N+](=O)[O-])cc1)[C@H]1NC(=O)[C@H]1[C@@H](CO[SiH](C)C)C(C)(C)C. The summed E-state index contributed by atoms with van der Waals surface area (Å²) in [5, 5.41) is 13.6. The van der Waals surface area contributed by atoms with Crippen LogP contribution < -0.4 is 10.1 Å². The number of β-lactam (4-membered cyclic amide) rings is 1. The summed E-state index contributed by atoms with van der Waals surface area (Å²) in [7, 11) is -1.24. The second-order valence-corrected chi connectivity index (χ2v) is 11.3. The molecule has 8 nitrogen and oxygen atoms in total. The predicted octanol–water partition coefficient (Wildman–Crippen LogP) is 2.91. The molecule has 1 aliphatic heterocycles. The zero-order chi connectivity index (χ0) is 21.9. The molecule has 9 heteroatoms. The molecule has 29 heavy (non-hydrogen) atoms. The highest BCUT2D eigenvalue weighted by molar-refractivity contribution is 6.48. The molecule has 0 radical (unpaired) electrons. The first kappa shape index (κ1) is 23.0. The lowest BCUT2D eigenvalue weighted by Gasteiger charge is -2.48. The van der Waals surface area contributed by atoms with Crippen LogP contribution in [0.2, 0.25) is 13.1 Å². The summed E-state index contributed by atoms with van der Waals surface area (Å²) in [4.78, 5) is 35.2. The first-order chi connectivity index (χ1) is 13.4. The normalized spacial score (nSPS) is 21.1. The Morgan fingerprint density at radius 3 is 2.31 bits per heavy atom. The summed E-state index contributed by atoms with van der Waals surface area (Å²) in [6, 6.07) is 5.00. The number of nitrogens with zero attached hydrogens (tertiary/aromatic N) is 1. The van der Waals surface area contributed by atoms with Gasteiger partial charge < -0.3 is 14.5 Å². The van der Waals surface area contributed by atoms with Crippen LogP contribution in [-0.2, 0) is 14.0 Å². The standard InChI is InChI=1S/C20H30N2O6Si/c1-12(19(24)28-14-9-7-13(8-10-14)22(25)26)17-16(18(23)21-17)15(20(2,3)4)11-27-29(5)6/h7-10,12,15-17,29H,11H2,1-6H3,(H,21,23)/t12-,15-,16+,17-/m1/s1. The lowest BCUT2D eigenvalue weighted by atomic mass is 9.65. The number of non-ortho nitro benzene ring substituents is 1. The van der Waals surface area contributed by atoms with Crippen molar-refractivity contribution in [1.29, 1.82) is 0 Å². The van der Waals surface area contributed by atoms with Crippen molar-refractivity contribution in [1.82, 2.24) is 5.32 Å². The second kappa shape index (κ2) is 9.04. The average Bonchev–Trinajstić information content (AvgIpc) is 2.61. The molecule has 4 atom stereocenters. The fourth-order valence-corrected chi connectivity index (χ4v) is 4.06. The number of carbonyl (C=O) groups excluding carboxylic acids is 2. The summed E-state index contributed by atoms with van der Waals surface area (Å²) < 4.78 is 11.3. The molecule has 1 aromatic carbocycles. The number of hydrogen-bond acceptors (Lipinski definition) is 6. The van der Waals surface area contributed by atoms with E-state index in [-0.39, 0.29) is 40.6 Å². The summed E-state index contributed by atoms with van der Waals surface area (Å²) in [6.45, 7) is 12.6. The highest BCUT2D eigenvalue weighted by Crippen LogP contribution is 2.40. The second-order valence-electron chi connectivity index (χ2n) is 8.88. The van der Waals surface area contributed by atoms with Crippen molar-refractivity contribution in [2.45, 2.75) is 46.8 Å². The zero-order valence-electron chi connectivity index (χ0n) is 17.8. The van der Waals surface area contributed by atoms with Crippen molar-refractivity contribution in [2.75, 3.05) is 6.61 Å². The number of nitro benzene ring substituents is 1. The van der Waals surface area contributed by atoms with E-state index in [0.29, 0.717) is 6.61 Å². The van der Waals surface area contributed by atoms with E-state index >= 15 is 0 Å². The van der Waals surface area contributed by atoms with E-state index in [2.05, 4.69) is 39.2 Å². The van der Waals surface area contributed by atoms with Crippen molar-refractivity contribution >= 4 is 26.6 Å². The van der Waals surface area contributed by atoms with E-state index < -0.39 is 25.9 Å². The maximum atomic E-state index is 12.6. The van der Waals surface area contributed by atoms with Gasteiger partial charge in [0, 0.05) is 18.7 Å². The largest absolute Gasteiger partial charge is 0.426 e. The Morgan fingerprint density at radius 1 is 1.28 bits per heavy atom. The molecule has 1 saturated heterocycles. The molecule has 0 aliphatic carbocycles. The average molecular weight is 423 g/mol. The smallest absolute Gasteiger partial charge is 0.316 e. The van der Waals surface area contributed by atoms with Crippen LogP contribution in [-0.4, -0.2) is 38.5 Å². The molecular formula is C20H30N2O6Si. The maximum absolute atomic E-state index is 12.6. The number of nitro groups is 1. The minimum absolute atomic E-state index is 0.0224. The Morgan fingerprint density at radius 2 is 1.86 bits per heavy atom. The molecule has 0 saturated carbocycles. The van der Waals surface area contributed by atoms with Crippen molar-refractivity contribution in [3.8, 4) is 5.75 Å². The lowest BCUT2D eigenvalue weighted by Crippen LogP contribution is -2.66. The topological polar surface area (TPSA) is 108 Å². The van der Waals surface area contributed by atoms with Crippen LogP contribution in [0.5, 0.6) is 5.75 Å². The van der Waals surface area contributed by atoms with Crippen LogP contribution in [0.3, 0.4) is 0 Å². The molecule has 1 aromatic rings. The Labute approximate surface area is 172 Å². The number of amides is 1. The van der Waals surface area contributed by atoms with Gasteiger partial charge in [-0.2, -0.15) is 0 Å². The van der Waals surface area contributed by atoms with Crippen molar-refractivity contribution < 1.29 is 23.7 Å². The zero-order valence-corrected chi connectivity index (χ0v) is 19.0. The lowest BCUT2D eigenvalue weighted by molar-refractivity contribution is -0.384. The monoisotopic (exact) mass is 422 g/mol. The molecular weight excluding hydrogens is 392 g/mol. The Hall–Kier alpha value is -2.26. The molecule has 0 spiro atoms. The van der Waals surface area contributed by atoms with Gasteiger partial charge in [0.15, 0.2) is 9.04 Å². The molecule has 1 N–H and O–H groups in total. The number of nitrogens with one attached hydrogen (secondary N) is 1. The highest BCUT2D eigenvalue weighted by Gasteiger charge is 2.52. The summed E-state index contributed by atoms with van der Waals surface area (Å²) in [5.74, 6) is -1.24. The third kappa shape index (κ3) is 5.63. The van der Waals surface area contributed by atoms with Gasteiger partial charge in [-0.3, -0.25) is 19.7 Å². The first-order valence-electron chi connectivity index (χ1n) is 9.80. The number of benzene rings is 1. The van der Waals surface area contributed by atoms with Gasteiger partial charge in [-0.1, -0.05) is 20.8 Å². The number of esters is 1. The number of hydrogen-bond donors (Lipinski definition) is 1. The van der Waals surface area contributed by atoms with Gasteiger partial charge in [-0.05, 0) is 43.5 Å². The molecule has 0 bridgehead atoms.